The van der Waals surface area contributed by atoms with Gasteiger partial charge >= 0.3 is 0 Å². The van der Waals surface area contributed by atoms with Gasteiger partial charge in [0, 0.05) is 86.4 Å². The Labute approximate surface area is 339 Å². The summed E-state index contributed by atoms with van der Waals surface area (Å²) in [6, 6.07) is 17.7. The summed E-state index contributed by atoms with van der Waals surface area (Å²) in [7, 11) is 3.42. The van der Waals surface area contributed by atoms with E-state index in [4.69, 9.17) is 0 Å². The summed E-state index contributed by atoms with van der Waals surface area (Å²) in [6.45, 7) is 6.61. The van der Waals surface area contributed by atoms with Crippen LogP contribution in [0.1, 0.15) is 70.2 Å². The van der Waals surface area contributed by atoms with Gasteiger partial charge in [0.1, 0.15) is 0 Å². The predicted octanol–water partition coefficient (Wildman–Crippen LogP) is 6.31. The van der Waals surface area contributed by atoms with Gasteiger partial charge in [-0.3, -0.25) is 9.59 Å². The van der Waals surface area contributed by atoms with E-state index in [1.165, 1.54) is 122 Å². The molecule has 0 unspecified atom stereocenters. The Hall–Kier alpha value is -4.54. The molecule has 56 heavy (non-hydrogen) atoms. The standard InChI is InChI=1S/C46H52N6O2S2/c53-43(33-49-23-13-35(14-24-49)9-11-37-29-39-5-1-19-51-20-2-6-40(30-37)45(39)51)47-17-27-55-56-28-18-48-44(54)34-50-25-15-36(16-26-50)10-12-38-31-41-7-3-21-52-22-4-8-42(32-38)46(41)52/h9-16,23-26,29-32H,1-8,17-22,27-28,33-34H2/p+2. The Morgan fingerprint density at radius 3 is 1.23 bits per heavy atom. The number of aryl methyl sites for hydroxylation is 4. The number of hydrogen-bond acceptors (Lipinski definition) is 6. The summed E-state index contributed by atoms with van der Waals surface area (Å²) in [5.41, 5.74) is 13.8. The number of nitrogens with zero attached hydrogens (tertiary/aromatic N) is 4. The largest absolute Gasteiger partial charge is 0.371 e. The predicted molar refractivity (Wildman–Crippen MR) is 233 cm³/mol. The van der Waals surface area contributed by atoms with Crippen molar-refractivity contribution in [3.05, 3.63) is 118 Å². The summed E-state index contributed by atoms with van der Waals surface area (Å²) in [5, 5.41) is 6.04. The fraction of sp³-hybridized carbons (Fsp3) is 0.391. The first kappa shape index (κ1) is 38.3. The maximum Gasteiger partial charge on any atom is 0.286 e. The molecule has 2 amide bonds. The molecular weight excluding hydrogens is 733 g/mol. The number of hydrogen-bond donors (Lipinski definition) is 2. The first-order chi connectivity index (χ1) is 27.5. The van der Waals surface area contributed by atoms with Crippen LogP contribution in [0.25, 0.3) is 24.3 Å². The molecule has 4 aliphatic rings. The van der Waals surface area contributed by atoms with Crippen LogP contribution in [0.15, 0.2) is 73.3 Å². The molecule has 0 spiro atoms. The Kier molecular flexibility index (Phi) is 12.7. The minimum absolute atomic E-state index is 0.00471. The van der Waals surface area contributed by atoms with E-state index in [0.29, 0.717) is 26.2 Å². The van der Waals surface area contributed by atoms with Gasteiger partial charge in [-0.25, -0.2) is 0 Å². The van der Waals surface area contributed by atoms with E-state index in [1.54, 1.807) is 21.6 Å². The van der Waals surface area contributed by atoms with Gasteiger partial charge in [0.05, 0.1) is 0 Å². The van der Waals surface area contributed by atoms with E-state index in [2.05, 4.69) is 93.3 Å². The van der Waals surface area contributed by atoms with Gasteiger partial charge in [-0.05, 0) is 120 Å². The van der Waals surface area contributed by atoms with E-state index in [0.717, 1.165) is 22.6 Å². The highest BCUT2D eigenvalue weighted by molar-refractivity contribution is 8.76. The SMILES string of the molecule is O=C(C[n+]1ccc(C=Cc2cc3c4c(c2)CCCN4CCC3)cc1)NCCSSCCNC(=O)C[n+]1ccc(C=Cc2cc3c4c(c2)CCCN4CCC3)cc1. The van der Waals surface area contributed by atoms with Gasteiger partial charge in [-0.15, -0.1) is 0 Å². The average Bonchev–Trinajstić information content (AvgIpc) is 3.22. The topological polar surface area (TPSA) is 72.4 Å². The highest BCUT2D eigenvalue weighted by atomic mass is 33.1. The molecule has 10 heteroatoms. The fourth-order valence-electron chi connectivity index (χ4n) is 8.63. The highest BCUT2D eigenvalue weighted by Crippen LogP contribution is 2.37. The lowest BCUT2D eigenvalue weighted by molar-refractivity contribution is -0.684. The molecule has 2 N–H and O–H groups in total. The first-order valence-electron chi connectivity index (χ1n) is 20.5. The van der Waals surface area contributed by atoms with Crippen molar-refractivity contribution in [1.29, 1.82) is 0 Å². The van der Waals surface area contributed by atoms with E-state index >= 15 is 0 Å². The molecule has 6 heterocycles. The van der Waals surface area contributed by atoms with E-state index in [1.807, 2.05) is 33.9 Å². The normalized spacial score (nSPS) is 15.9. The Morgan fingerprint density at radius 2 is 0.875 bits per heavy atom. The van der Waals surface area contributed by atoms with Gasteiger partial charge in [0.15, 0.2) is 24.8 Å². The van der Waals surface area contributed by atoms with Crippen LogP contribution in [0, 0.1) is 0 Å². The second-order valence-electron chi connectivity index (χ2n) is 15.4. The molecule has 4 aromatic rings. The Balaban J connectivity index is 0.683. The maximum absolute atomic E-state index is 12.5. The number of benzene rings is 2. The van der Waals surface area contributed by atoms with E-state index in [-0.39, 0.29) is 11.8 Å². The van der Waals surface area contributed by atoms with Crippen LogP contribution < -0.4 is 29.6 Å². The Morgan fingerprint density at radius 1 is 0.536 bits per heavy atom. The zero-order chi connectivity index (χ0) is 38.1. The number of rotatable bonds is 15. The van der Waals surface area contributed by atoms with Crippen molar-refractivity contribution in [2.45, 2.75) is 64.5 Å². The van der Waals surface area contributed by atoms with Gasteiger partial charge in [-0.1, -0.05) is 45.9 Å². The molecule has 290 valence electrons. The summed E-state index contributed by atoms with van der Waals surface area (Å²) in [4.78, 5) is 30.2. The fourth-order valence-corrected chi connectivity index (χ4v) is 10.4. The summed E-state index contributed by atoms with van der Waals surface area (Å²) in [6.07, 6.45) is 26.3. The minimum atomic E-state index is 0.00471. The van der Waals surface area contributed by atoms with Crippen LogP contribution in [0.4, 0.5) is 11.4 Å². The molecule has 2 aromatic heterocycles. The molecule has 2 aromatic carbocycles. The van der Waals surface area contributed by atoms with Crippen molar-refractivity contribution in [2.75, 3.05) is 60.6 Å². The first-order valence-corrected chi connectivity index (χ1v) is 23.0. The van der Waals surface area contributed by atoms with Crippen LogP contribution in [0.2, 0.25) is 0 Å². The molecule has 4 aliphatic heterocycles. The third-order valence-electron chi connectivity index (χ3n) is 11.2. The molecule has 8 rings (SSSR count). The summed E-state index contributed by atoms with van der Waals surface area (Å²) < 4.78 is 3.83. The van der Waals surface area contributed by atoms with Crippen molar-refractivity contribution in [3.8, 4) is 0 Å². The van der Waals surface area contributed by atoms with Crippen LogP contribution in [0.5, 0.6) is 0 Å². The number of amides is 2. The zero-order valence-electron chi connectivity index (χ0n) is 32.4. The molecule has 0 fully saturated rings. The van der Waals surface area contributed by atoms with Gasteiger partial charge in [0.2, 0.25) is 13.1 Å². The van der Waals surface area contributed by atoms with Crippen molar-refractivity contribution in [2.24, 2.45) is 0 Å². The van der Waals surface area contributed by atoms with Gasteiger partial charge in [0.25, 0.3) is 11.8 Å². The smallest absolute Gasteiger partial charge is 0.286 e. The molecule has 0 saturated carbocycles. The third kappa shape index (κ3) is 9.87. The number of nitrogens with one attached hydrogen (secondary N) is 2. The molecule has 8 nitrogen and oxygen atoms in total. The van der Waals surface area contributed by atoms with E-state index in [9.17, 15) is 9.59 Å². The lowest BCUT2D eigenvalue weighted by Gasteiger charge is -2.37. The molecular formula is C46H54N6O2S2+2. The van der Waals surface area contributed by atoms with Gasteiger partial charge < -0.3 is 20.4 Å². The number of carbonyl (C=O) groups excluding carboxylic acids is 2. The van der Waals surface area contributed by atoms with Crippen molar-refractivity contribution >= 4 is 69.1 Å². The summed E-state index contributed by atoms with van der Waals surface area (Å²) in [5.74, 6) is 1.63. The molecule has 0 atom stereocenters. The van der Waals surface area contributed by atoms with Crippen molar-refractivity contribution < 1.29 is 18.7 Å². The third-order valence-corrected chi connectivity index (χ3v) is 13.6. The molecule has 0 radical (unpaired) electrons. The molecule has 0 aliphatic carbocycles. The Bertz CT molecular complexity index is 1870. The second kappa shape index (κ2) is 18.6. The minimum Gasteiger partial charge on any atom is -0.371 e. The maximum atomic E-state index is 12.5. The molecule has 0 bridgehead atoms. The van der Waals surface area contributed by atoms with Crippen molar-refractivity contribution in [3.63, 3.8) is 0 Å². The lowest BCUT2D eigenvalue weighted by atomic mass is 9.90. The van der Waals surface area contributed by atoms with Crippen LogP contribution >= 0.6 is 21.6 Å². The lowest BCUT2D eigenvalue weighted by Crippen LogP contribution is -2.43. The van der Waals surface area contributed by atoms with Crippen molar-refractivity contribution in [1.82, 2.24) is 10.6 Å². The van der Waals surface area contributed by atoms with Gasteiger partial charge in [-0.2, -0.15) is 9.13 Å². The van der Waals surface area contributed by atoms with E-state index < -0.39 is 0 Å². The second-order valence-corrected chi connectivity index (χ2v) is 18.1. The average molecular weight is 787 g/mol. The monoisotopic (exact) mass is 786 g/mol. The summed E-state index contributed by atoms with van der Waals surface area (Å²) >= 11 is 0. The van der Waals surface area contributed by atoms with Crippen LogP contribution in [-0.2, 0) is 48.4 Å². The number of carbonyl (C=O) groups is 2. The quantitative estimate of drug-likeness (QED) is 0.0837. The number of anilines is 2. The van der Waals surface area contributed by atoms with Crippen LogP contribution in [-0.4, -0.2) is 62.6 Å². The molecule has 0 saturated heterocycles. The zero-order valence-corrected chi connectivity index (χ0v) is 34.0. The van der Waals surface area contributed by atoms with Crippen LogP contribution in [0.3, 0.4) is 0 Å². The number of aromatic nitrogens is 2. The number of pyridine rings is 2. The highest BCUT2D eigenvalue weighted by Gasteiger charge is 2.25.